The molecule has 1 aliphatic rings. The van der Waals surface area contributed by atoms with Crippen molar-refractivity contribution in [3.05, 3.63) is 71.2 Å². The van der Waals surface area contributed by atoms with Crippen molar-refractivity contribution < 1.29 is 9.13 Å². The van der Waals surface area contributed by atoms with E-state index in [4.69, 9.17) is 9.73 Å². The number of thioether (sulfide) groups is 1. The highest BCUT2D eigenvalue weighted by Gasteiger charge is 2.30. The molecule has 0 amide bonds. The minimum Gasteiger partial charge on any atom is -0.497 e. The Morgan fingerprint density at radius 2 is 1.88 bits per heavy atom. The third-order valence-electron chi connectivity index (χ3n) is 4.37. The van der Waals surface area contributed by atoms with E-state index in [1.54, 1.807) is 29.6 Å². The Morgan fingerprint density at radius 1 is 1.12 bits per heavy atom. The first-order chi connectivity index (χ1) is 12.6. The highest BCUT2D eigenvalue weighted by molar-refractivity contribution is 8.14. The Bertz CT molecular complexity index is 995. The van der Waals surface area contributed by atoms with E-state index in [1.165, 1.54) is 12.1 Å². The lowest BCUT2D eigenvalue weighted by molar-refractivity contribution is 0.414. The number of nitrogens with zero attached hydrogens (tertiary/aromatic N) is 3. The van der Waals surface area contributed by atoms with E-state index in [1.807, 2.05) is 32.0 Å². The molecule has 0 N–H and O–H groups in total. The number of methoxy groups -OCH3 is 1. The summed E-state index contributed by atoms with van der Waals surface area (Å²) in [5.74, 6) is 1.31. The molecule has 3 aromatic rings. The molecule has 4 nitrogen and oxygen atoms in total. The Morgan fingerprint density at radius 3 is 2.58 bits per heavy atom. The van der Waals surface area contributed by atoms with Gasteiger partial charge in [0.2, 0.25) is 0 Å². The van der Waals surface area contributed by atoms with Crippen LogP contribution in [0.4, 0.5) is 10.2 Å². The van der Waals surface area contributed by atoms with Crippen molar-refractivity contribution in [3.63, 3.8) is 0 Å². The van der Waals surface area contributed by atoms with Gasteiger partial charge in [-0.2, -0.15) is 5.10 Å². The summed E-state index contributed by atoms with van der Waals surface area (Å²) in [5.41, 5.74) is 3.79. The summed E-state index contributed by atoms with van der Waals surface area (Å²) in [6, 6.07) is 14.5. The van der Waals surface area contributed by atoms with E-state index < -0.39 is 0 Å². The Labute approximate surface area is 155 Å². The highest BCUT2D eigenvalue weighted by Crippen LogP contribution is 2.47. The molecule has 1 atom stereocenters. The fraction of sp³-hybridized carbons (Fsp3) is 0.200. The maximum absolute atomic E-state index is 13.7. The smallest absolute Gasteiger partial charge is 0.161 e. The summed E-state index contributed by atoms with van der Waals surface area (Å²) >= 11 is 1.70. The Kier molecular flexibility index (Phi) is 4.28. The van der Waals surface area contributed by atoms with Gasteiger partial charge in [-0.15, -0.1) is 0 Å². The van der Waals surface area contributed by atoms with Crippen molar-refractivity contribution in [2.45, 2.75) is 19.1 Å². The Hall–Kier alpha value is -2.60. The molecule has 0 aliphatic carbocycles. The molecular formula is C20H18FN3OS. The minimum absolute atomic E-state index is 0.0933. The van der Waals surface area contributed by atoms with Gasteiger partial charge in [-0.25, -0.2) is 14.1 Å². The molecule has 0 saturated carbocycles. The molecule has 1 unspecified atom stereocenters. The molecule has 6 heteroatoms. The lowest BCUT2D eigenvalue weighted by Gasteiger charge is -2.22. The zero-order valence-electron chi connectivity index (χ0n) is 14.7. The fourth-order valence-corrected chi connectivity index (χ4v) is 4.32. The maximum Gasteiger partial charge on any atom is 0.161 e. The summed E-state index contributed by atoms with van der Waals surface area (Å²) in [6.45, 7) is 3.96. The van der Waals surface area contributed by atoms with Gasteiger partial charge >= 0.3 is 0 Å². The van der Waals surface area contributed by atoms with Crippen LogP contribution in [-0.4, -0.2) is 21.9 Å². The molecule has 132 valence electrons. The molecule has 0 spiro atoms. The molecule has 2 aromatic carbocycles. The van der Waals surface area contributed by atoms with Crippen LogP contribution in [0, 0.1) is 12.7 Å². The van der Waals surface area contributed by atoms with Crippen molar-refractivity contribution in [2.75, 3.05) is 7.11 Å². The monoisotopic (exact) mass is 367 g/mol. The first-order valence-corrected chi connectivity index (χ1v) is 9.16. The number of aryl methyl sites for hydroxylation is 1. The van der Waals surface area contributed by atoms with E-state index in [-0.39, 0.29) is 11.1 Å². The molecule has 0 bridgehead atoms. The van der Waals surface area contributed by atoms with Crippen LogP contribution in [0.25, 0.3) is 5.69 Å². The molecule has 4 rings (SSSR count). The van der Waals surface area contributed by atoms with E-state index in [2.05, 4.69) is 17.2 Å². The number of fused-ring (bicyclic) bond motifs is 1. The molecular weight excluding hydrogens is 349 g/mol. The lowest BCUT2D eigenvalue weighted by atomic mass is 10.0. The van der Waals surface area contributed by atoms with Crippen LogP contribution >= 0.6 is 11.8 Å². The van der Waals surface area contributed by atoms with Crippen molar-refractivity contribution in [1.82, 2.24) is 9.78 Å². The largest absolute Gasteiger partial charge is 0.497 e. The minimum atomic E-state index is -0.290. The summed E-state index contributed by atoms with van der Waals surface area (Å²) in [4.78, 5) is 4.72. The predicted octanol–water partition coefficient (Wildman–Crippen LogP) is 5.21. The molecule has 2 heterocycles. The zero-order valence-corrected chi connectivity index (χ0v) is 15.5. The van der Waals surface area contributed by atoms with Crippen molar-refractivity contribution >= 4 is 22.6 Å². The molecule has 0 saturated heterocycles. The number of halogens is 1. The summed E-state index contributed by atoms with van der Waals surface area (Å²) in [7, 11) is 1.66. The molecule has 0 fully saturated rings. The predicted molar refractivity (Wildman–Crippen MR) is 103 cm³/mol. The fourth-order valence-electron chi connectivity index (χ4n) is 3.15. The van der Waals surface area contributed by atoms with E-state index in [9.17, 15) is 4.39 Å². The average Bonchev–Trinajstić information content (AvgIpc) is 2.97. The van der Waals surface area contributed by atoms with Gasteiger partial charge < -0.3 is 4.74 Å². The van der Waals surface area contributed by atoms with Gasteiger partial charge in [-0.3, -0.25) is 0 Å². The van der Waals surface area contributed by atoms with Gasteiger partial charge in [-0.05, 0) is 49.7 Å². The number of ether oxygens (including phenoxy) is 1. The normalized spacial score (nSPS) is 16.2. The van der Waals surface area contributed by atoms with Gasteiger partial charge in [0.15, 0.2) is 5.82 Å². The van der Waals surface area contributed by atoms with Crippen molar-refractivity contribution in [3.8, 4) is 11.4 Å². The molecule has 1 aromatic heterocycles. The van der Waals surface area contributed by atoms with Crippen LogP contribution in [0.5, 0.6) is 5.75 Å². The number of rotatable bonds is 3. The first kappa shape index (κ1) is 16.8. The number of benzene rings is 2. The van der Waals surface area contributed by atoms with Crippen molar-refractivity contribution in [2.24, 2.45) is 4.99 Å². The summed E-state index contributed by atoms with van der Waals surface area (Å²) in [5, 5.41) is 5.70. The zero-order chi connectivity index (χ0) is 18.3. The quantitative estimate of drug-likeness (QED) is 0.637. The van der Waals surface area contributed by atoms with Crippen LogP contribution in [0.2, 0.25) is 0 Å². The second kappa shape index (κ2) is 6.61. The maximum atomic E-state index is 13.7. The Balaban J connectivity index is 1.85. The standard InChI is InChI=1S/C20H18FN3OS/c1-12-18-19(14-7-9-17(25-3)10-8-14)26-13(2)22-20(18)24(23-12)16-6-4-5-15(21)11-16/h4-11,19H,1-3H3. The second-order valence-corrected chi connectivity index (χ2v) is 7.41. The van der Waals surface area contributed by atoms with E-state index in [0.29, 0.717) is 5.69 Å². The number of hydrogen-bond acceptors (Lipinski definition) is 4. The molecule has 26 heavy (non-hydrogen) atoms. The summed E-state index contributed by atoms with van der Waals surface area (Å²) < 4.78 is 20.7. The number of aromatic nitrogens is 2. The van der Waals surface area contributed by atoms with Crippen LogP contribution < -0.4 is 4.74 Å². The highest BCUT2D eigenvalue weighted by atomic mass is 32.2. The average molecular weight is 367 g/mol. The first-order valence-electron chi connectivity index (χ1n) is 8.28. The SMILES string of the molecule is COc1ccc(C2SC(C)=Nc3c2c(C)nn3-c2cccc(F)c2)cc1. The van der Waals surface area contributed by atoms with Gasteiger partial charge in [0.25, 0.3) is 0 Å². The molecule has 0 radical (unpaired) electrons. The van der Waals surface area contributed by atoms with Gasteiger partial charge in [0, 0.05) is 5.56 Å². The van der Waals surface area contributed by atoms with E-state index in [0.717, 1.165) is 33.4 Å². The van der Waals surface area contributed by atoms with E-state index >= 15 is 0 Å². The number of aliphatic imine (C=N–C) groups is 1. The van der Waals surface area contributed by atoms with Crippen LogP contribution in [-0.2, 0) is 0 Å². The number of hydrogen-bond donors (Lipinski definition) is 0. The van der Waals surface area contributed by atoms with Crippen LogP contribution in [0.3, 0.4) is 0 Å². The van der Waals surface area contributed by atoms with Crippen LogP contribution in [0.1, 0.15) is 29.0 Å². The van der Waals surface area contributed by atoms with Gasteiger partial charge in [0.05, 0.1) is 28.8 Å². The summed E-state index contributed by atoms with van der Waals surface area (Å²) in [6.07, 6.45) is 0. The second-order valence-electron chi connectivity index (χ2n) is 6.12. The molecule has 1 aliphatic heterocycles. The third kappa shape index (κ3) is 2.90. The topological polar surface area (TPSA) is 39.4 Å². The van der Waals surface area contributed by atoms with Gasteiger partial charge in [0.1, 0.15) is 11.6 Å². The lowest BCUT2D eigenvalue weighted by Crippen LogP contribution is -2.06. The van der Waals surface area contributed by atoms with Crippen LogP contribution in [0.15, 0.2) is 53.5 Å². The third-order valence-corrected chi connectivity index (χ3v) is 5.54. The van der Waals surface area contributed by atoms with Gasteiger partial charge in [-0.1, -0.05) is 30.0 Å². The van der Waals surface area contributed by atoms with Crippen molar-refractivity contribution in [1.29, 1.82) is 0 Å².